The number of ether oxygens (including phenoxy) is 2. The quantitative estimate of drug-likeness (QED) is 0.653. The van der Waals surface area contributed by atoms with Crippen LogP contribution in [-0.2, 0) is 0 Å². The van der Waals surface area contributed by atoms with E-state index in [-0.39, 0.29) is 6.04 Å². The van der Waals surface area contributed by atoms with Crippen molar-refractivity contribution in [3.63, 3.8) is 0 Å². The van der Waals surface area contributed by atoms with Crippen LogP contribution in [0.15, 0.2) is 53.5 Å². The van der Waals surface area contributed by atoms with Crippen molar-refractivity contribution in [1.82, 2.24) is 0 Å². The fourth-order valence-electron chi connectivity index (χ4n) is 2.94. The van der Waals surface area contributed by atoms with E-state index in [0.29, 0.717) is 11.9 Å². The van der Waals surface area contributed by atoms with Crippen LogP contribution in [0.4, 0.5) is 5.69 Å². The standard InChI is InChI=1S/C19H23N3O2/c1-23-17-7-3-5-13(11-17)14-9-16(10-14)22-19(20)21-15-6-4-8-18(12-15)24-2/h3-8,11-12,14,16H,9-10H2,1-2H3,(H3,20,21,22). The molecule has 5 heteroatoms. The third-order valence-corrected chi connectivity index (χ3v) is 4.34. The third kappa shape index (κ3) is 3.79. The summed E-state index contributed by atoms with van der Waals surface area (Å²) in [6.07, 6.45) is 2.02. The average Bonchev–Trinajstić information content (AvgIpc) is 2.58. The largest absolute Gasteiger partial charge is 0.497 e. The van der Waals surface area contributed by atoms with Crippen molar-refractivity contribution in [2.24, 2.45) is 10.7 Å². The summed E-state index contributed by atoms with van der Waals surface area (Å²) in [6.45, 7) is 0. The summed E-state index contributed by atoms with van der Waals surface area (Å²) in [5, 5.41) is 3.12. The number of aliphatic imine (C=N–C) groups is 1. The van der Waals surface area contributed by atoms with E-state index < -0.39 is 0 Å². The maximum absolute atomic E-state index is 6.02. The van der Waals surface area contributed by atoms with E-state index in [9.17, 15) is 0 Å². The molecule has 24 heavy (non-hydrogen) atoms. The van der Waals surface area contributed by atoms with Gasteiger partial charge in [-0.25, -0.2) is 4.99 Å². The molecule has 0 bridgehead atoms. The van der Waals surface area contributed by atoms with Crippen LogP contribution in [0.5, 0.6) is 11.5 Å². The molecule has 1 saturated carbocycles. The minimum Gasteiger partial charge on any atom is -0.497 e. The Bertz CT molecular complexity index is 724. The van der Waals surface area contributed by atoms with E-state index in [2.05, 4.69) is 22.4 Å². The van der Waals surface area contributed by atoms with Crippen LogP contribution in [0.25, 0.3) is 0 Å². The van der Waals surface area contributed by atoms with Crippen molar-refractivity contribution in [2.45, 2.75) is 24.8 Å². The molecule has 1 aliphatic rings. The molecular formula is C19H23N3O2. The minimum atomic E-state index is 0.263. The van der Waals surface area contributed by atoms with Gasteiger partial charge in [0.05, 0.1) is 20.3 Å². The Balaban J connectivity index is 1.56. The lowest BCUT2D eigenvalue weighted by atomic mass is 9.76. The molecule has 3 rings (SSSR count). The number of nitrogens with zero attached hydrogens (tertiary/aromatic N) is 1. The lowest BCUT2D eigenvalue weighted by Gasteiger charge is -2.33. The van der Waals surface area contributed by atoms with Crippen molar-refractivity contribution in [3.8, 4) is 11.5 Å². The van der Waals surface area contributed by atoms with Crippen LogP contribution in [0.1, 0.15) is 24.3 Å². The summed E-state index contributed by atoms with van der Waals surface area (Å²) < 4.78 is 10.5. The number of hydrogen-bond acceptors (Lipinski definition) is 3. The number of rotatable bonds is 5. The molecule has 1 aliphatic carbocycles. The molecule has 0 aromatic heterocycles. The fraction of sp³-hybridized carbons (Fsp3) is 0.316. The van der Waals surface area contributed by atoms with Gasteiger partial charge in [-0.1, -0.05) is 18.2 Å². The SMILES string of the molecule is COc1cccc(NC(N)=NC2CC(c3cccc(OC)c3)C2)c1. The predicted molar refractivity (Wildman–Crippen MR) is 97.0 cm³/mol. The maximum atomic E-state index is 6.02. The van der Waals surface area contributed by atoms with Crippen molar-refractivity contribution in [2.75, 3.05) is 19.5 Å². The molecule has 126 valence electrons. The highest BCUT2D eigenvalue weighted by Gasteiger charge is 2.30. The van der Waals surface area contributed by atoms with E-state index in [1.54, 1.807) is 14.2 Å². The van der Waals surface area contributed by atoms with Crippen LogP contribution in [0.2, 0.25) is 0 Å². The first-order valence-corrected chi connectivity index (χ1v) is 8.06. The number of hydrogen-bond donors (Lipinski definition) is 2. The monoisotopic (exact) mass is 325 g/mol. The first-order valence-electron chi connectivity index (χ1n) is 8.06. The van der Waals surface area contributed by atoms with Crippen molar-refractivity contribution in [1.29, 1.82) is 0 Å². The summed E-state index contributed by atoms with van der Waals surface area (Å²) in [7, 11) is 3.33. The molecule has 0 amide bonds. The molecule has 2 aromatic rings. The smallest absolute Gasteiger partial charge is 0.193 e. The summed E-state index contributed by atoms with van der Waals surface area (Å²) in [6, 6.07) is 16.1. The molecule has 0 spiro atoms. The van der Waals surface area contributed by atoms with Gasteiger partial charge < -0.3 is 20.5 Å². The van der Waals surface area contributed by atoms with Crippen LogP contribution < -0.4 is 20.5 Å². The van der Waals surface area contributed by atoms with Gasteiger partial charge in [-0.15, -0.1) is 0 Å². The highest BCUT2D eigenvalue weighted by molar-refractivity contribution is 5.92. The minimum absolute atomic E-state index is 0.263. The van der Waals surface area contributed by atoms with Gasteiger partial charge >= 0.3 is 0 Å². The number of anilines is 1. The Labute approximate surface area is 142 Å². The maximum Gasteiger partial charge on any atom is 0.193 e. The van der Waals surface area contributed by atoms with Gasteiger partial charge in [0.15, 0.2) is 5.96 Å². The lowest BCUT2D eigenvalue weighted by molar-refractivity contribution is 0.351. The first kappa shape index (κ1) is 16.2. The molecule has 0 heterocycles. The van der Waals surface area contributed by atoms with E-state index in [1.807, 2.05) is 36.4 Å². The van der Waals surface area contributed by atoms with Gasteiger partial charge in [-0.3, -0.25) is 0 Å². The molecule has 0 aliphatic heterocycles. The van der Waals surface area contributed by atoms with Crippen molar-refractivity contribution < 1.29 is 9.47 Å². The zero-order chi connectivity index (χ0) is 16.9. The van der Waals surface area contributed by atoms with Gasteiger partial charge in [0.1, 0.15) is 11.5 Å². The number of guanidine groups is 1. The van der Waals surface area contributed by atoms with Gasteiger partial charge in [0.2, 0.25) is 0 Å². The van der Waals surface area contributed by atoms with Gasteiger partial charge in [0.25, 0.3) is 0 Å². The second-order valence-electron chi connectivity index (χ2n) is 5.97. The predicted octanol–water partition coefficient (Wildman–Crippen LogP) is 3.38. The Hall–Kier alpha value is -2.69. The number of benzene rings is 2. The normalized spacial score (nSPS) is 20.2. The van der Waals surface area contributed by atoms with Crippen molar-refractivity contribution in [3.05, 3.63) is 54.1 Å². The molecule has 5 nitrogen and oxygen atoms in total. The lowest BCUT2D eigenvalue weighted by Crippen LogP contribution is -2.31. The van der Waals surface area contributed by atoms with E-state index >= 15 is 0 Å². The summed E-state index contributed by atoms with van der Waals surface area (Å²) in [4.78, 5) is 4.56. The van der Waals surface area contributed by atoms with E-state index in [0.717, 1.165) is 30.0 Å². The molecule has 3 N–H and O–H groups in total. The summed E-state index contributed by atoms with van der Waals surface area (Å²) in [5.41, 5.74) is 8.20. The summed E-state index contributed by atoms with van der Waals surface area (Å²) >= 11 is 0. The highest BCUT2D eigenvalue weighted by atomic mass is 16.5. The molecule has 0 atom stereocenters. The molecule has 1 fully saturated rings. The third-order valence-electron chi connectivity index (χ3n) is 4.34. The van der Waals surface area contributed by atoms with Crippen molar-refractivity contribution >= 4 is 11.6 Å². The Morgan fingerprint density at radius 3 is 2.42 bits per heavy atom. The average molecular weight is 325 g/mol. The number of nitrogens with two attached hydrogens (primary N) is 1. The molecular weight excluding hydrogens is 302 g/mol. The molecule has 2 aromatic carbocycles. The Kier molecular flexibility index (Phi) is 4.89. The van der Waals surface area contributed by atoms with Crippen LogP contribution >= 0.6 is 0 Å². The van der Waals surface area contributed by atoms with Crippen LogP contribution in [-0.4, -0.2) is 26.2 Å². The number of nitrogens with one attached hydrogen (secondary N) is 1. The second kappa shape index (κ2) is 7.25. The van der Waals surface area contributed by atoms with Crippen LogP contribution in [0.3, 0.4) is 0 Å². The molecule has 0 radical (unpaired) electrons. The van der Waals surface area contributed by atoms with Gasteiger partial charge in [0, 0.05) is 11.8 Å². The topological polar surface area (TPSA) is 68.9 Å². The fourth-order valence-corrected chi connectivity index (χ4v) is 2.94. The molecule has 0 unspecified atom stereocenters. The van der Waals surface area contributed by atoms with E-state index in [4.69, 9.17) is 15.2 Å². The van der Waals surface area contributed by atoms with Gasteiger partial charge in [-0.2, -0.15) is 0 Å². The highest BCUT2D eigenvalue weighted by Crippen LogP contribution is 2.39. The zero-order valence-corrected chi connectivity index (χ0v) is 14.0. The Morgan fingerprint density at radius 2 is 1.71 bits per heavy atom. The molecule has 0 saturated heterocycles. The first-order chi connectivity index (χ1) is 11.7. The van der Waals surface area contributed by atoms with Gasteiger partial charge in [-0.05, 0) is 48.6 Å². The van der Waals surface area contributed by atoms with E-state index in [1.165, 1.54) is 5.56 Å². The Morgan fingerprint density at radius 1 is 1.04 bits per heavy atom. The summed E-state index contributed by atoms with van der Waals surface area (Å²) in [5.74, 6) is 2.66. The zero-order valence-electron chi connectivity index (χ0n) is 14.0. The van der Waals surface area contributed by atoms with Crippen LogP contribution in [0, 0.1) is 0 Å². The second-order valence-corrected chi connectivity index (χ2v) is 5.97. The number of methoxy groups -OCH3 is 2.